The van der Waals surface area contributed by atoms with Crippen molar-refractivity contribution in [1.82, 2.24) is 0 Å². The number of allylic oxidation sites excluding steroid dienone is 2. The van der Waals surface area contributed by atoms with Crippen LogP contribution in [0.25, 0.3) is 0 Å². The van der Waals surface area contributed by atoms with Gasteiger partial charge in [-0.3, -0.25) is 9.59 Å². The molecule has 2 aromatic carbocycles. The Labute approximate surface area is 184 Å². The topological polar surface area (TPSA) is 99.2 Å². The molecule has 0 saturated carbocycles. The van der Waals surface area contributed by atoms with Gasteiger partial charge in [0, 0.05) is 16.7 Å². The van der Waals surface area contributed by atoms with Gasteiger partial charge >= 0.3 is 0 Å². The fraction of sp³-hybridized carbons (Fsp3) is 0.308. The van der Waals surface area contributed by atoms with E-state index in [-0.39, 0.29) is 34.1 Å². The van der Waals surface area contributed by atoms with Crippen LogP contribution in [0.4, 0.5) is 5.69 Å². The molecule has 2 heterocycles. The smallest absolute Gasteiger partial charge is 0.198 e. The van der Waals surface area contributed by atoms with Gasteiger partial charge in [0.2, 0.25) is 0 Å². The summed E-state index contributed by atoms with van der Waals surface area (Å²) in [7, 11) is 0. The van der Waals surface area contributed by atoms with E-state index >= 15 is 0 Å². The highest BCUT2D eigenvalue weighted by Crippen LogP contribution is 2.69. The fourth-order valence-corrected chi connectivity index (χ4v) is 5.91. The first-order valence-electron chi connectivity index (χ1n) is 10.7. The Morgan fingerprint density at radius 2 is 1.88 bits per heavy atom. The number of aliphatic hydroxyl groups excluding tert-OH is 1. The number of ether oxygens (including phenoxy) is 1. The highest BCUT2D eigenvalue weighted by atomic mass is 16.6. The lowest BCUT2D eigenvalue weighted by molar-refractivity contribution is 0.0868. The Morgan fingerprint density at radius 1 is 1.19 bits per heavy atom. The summed E-state index contributed by atoms with van der Waals surface area (Å²) in [6, 6.07) is 7.55. The molecule has 2 aromatic rings. The number of phenols is 1. The maximum absolute atomic E-state index is 13.6. The normalized spacial score (nSPS) is 32.8. The minimum atomic E-state index is -1.03. The Morgan fingerprint density at radius 3 is 2.56 bits per heavy atom. The highest BCUT2D eigenvalue weighted by Gasteiger charge is 2.80. The van der Waals surface area contributed by atoms with Crippen molar-refractivity contribution in [2.75, 3.05) is 5.32 Å². The van der Waals surface area contributed by atoms with E-state index in [2.05, 4.69) is 17.2 Å². The van der Waals surface area contributed by atoms with Crippen LogP contribution in [-0.2, 0) is 10.3 Å². The second-order valence-electron chi connectivity index (χ2n) is 8.98. The second-order valence-corrected chi connectivity index (χ2v) is 8.98. The largest absolute Gasteiger partial charge is 0.507 e. The quantitative estimate of drug-likeness (QED) is 0.314. The molecule has 0 aromatic heterocycles. The maximum atomic E-state index is 13.6. The minimum absolute atomic E-state index is 0.00680. The fourth-order valence-electron chi connectivity index (χ4n) is 5.91. The summed E-state index contributed by atoms with van der Waals surface area (Å²) in [5.74, 6) is 5.08. The number of phenolic OH excluding ortho intramolecular Hbond substituents is 1. The van der Waals surface area contributed by atoms with E-state index < -0.39 is 29.1 Å². The van der Waals surface area contributed by atoms with E-state index in [9.17, 15) is 19.8 Å². The zero-order valence-electron chi connectivity index (χ0n) is 17.6. The van der Waals surface area contributed by atoms with E-state index in [1.807, 2.05) is 13.0 Å². The molecule has 1 fully saturated rings. The average molecular weight is 427 g/mol. The van der Waals surface area contributed by atoms with Crippen molar-refractivity contribution < 1.29 is 24.5 Å². The van der Waals surface area contributed by atoms with Gasteiger partial charge in [0.25, 0.3) is 0 Å². The summed E-state index contributed by atoms with van der Waals surface area (Å²) in [5.41, 5.74) is -0.237. The van der Waals surface area contributed by atoms with Gasteiger partial charge in [-0.05, 0) is 31.4 Å². The number of ketones is 2. The lowest BCUT2D eigenvalue weighted by Gasteiger charge is -2.38. The molecule has 5 atom stereocenters. The first-order valence-corrected chi connectivity index (χ1v) is 10.7. The van der Waals surface area contributed by atoms with Crippen LogP contribution in [-0.4, -0.2) is 39.5 Å². The molecular formula is C26H21NO5. The van der Waals surface area contributed by atoms with Crippen LogP contribution in [0.1, 0.15) is 57.7 Å². The van der Waals surface area contributed by atoms with Crippen molar-refractivity contribution in [1.29, 1.82) is 0 Å². The number of epoxide rings is 1. The van der Waals surface area contributed by atoms with E-state index in [4.69, 9.17) is 4.74 Å². The zero-order chi connectivity index (χ0) is 22.4. The Bertz CT molecular complexity index is 1330. The highest BCUT2D eigenvalue weighted by molar-refractivity contribution is 6.31. The third kappa shape index (κ3) is 2.03. The molecule has 2 bridgehead atoms. The number of carbonyl (C=O) groups excluding carboxylic acids is 2. The SMILES string of the molecule is C[C@@H](O)[C@@]12O[C@]13c1cc(O)c4c(c1N[C@H]2C#C/C=C\C[C@@H]3C)C(=O)c1ccccc1C4=O. The van der Waals surface area contributed by atoms with Crippen molar-refractivity contribution >= 4 is 17.3 Å². The van der Waals surface area contributed by atoms with E-state index in [1.165, 1.54) is 6.07 Å². The third-order valence-corrected chi connectivity index (χ3v) is 7.40. The van der Waals surface area contributed by atoms with Crippen LogP contribution in [0.2, 0.25) is 0 Å². The van der Waals surface area contributed by atoms with Crippen molar-refractivity contribution in [3.63, 3.8) is 0 Å². The van der Waals surface area contributed by atoms with Crippen LogP contribution < -0.4 is 5.32 Å². The number of anilines is 1. The molecule has 3 N–H and O–H groups in total. The van der Waals surface area contributed by atoms with Gasteiger partial charge in [-0.25, -0.2) is 0 Å². The summed E-state index contributed by atoms with van der Waals surface area (Å²) in [6.07, 6.45) is 3.53. The summed E-state index contributed by atoms with van der Waals surface area (Å²) in [4.78, 5) is 26.9. The molecule has 160 valence electrons. The molecule has 0 radical (unpaired) electrons. The van der Waals surface area contributed by atoms with Crippen LogP contribution in [0.15, 0.2) is 42.5 Å². The van der Waals surface area contributed by atoms with Gasteiger partial charge in [0.05, 0.1) is 22.9 Å². The number of fused-ring (bicyclic) bond motifs is 4. The van der Waals surface area contributed by atoms with E-state index in [0.29, 0.717) is 23.2 Å². The standard InChI is InChI=1S/C26H21NO5/c1-13-8-4-3-5-11-19-26(14(2)28)25(13,32-26)17-12-18(29)20-21(22(17)27-19)24(31)16-10-7-6-9-15(16)23(20)30/h3-4,6-7,9-10,12-14,19,27-29H,8H2,1-2H3/b4-3-/t13-,14+,19-,25+,26-/m0/s1. The van der Waals surface area contributed by atoms with Crippen LogP contribution in [0.3, 0.4) is 0 Å². The van der Waals surface area contributed by atoms with Crippen molar-refractivity contribution in [2.24, 2.45) is 5.92 Å². The molecule has 0 unspecified atom stereocenters. The number of hydrogen-bond donors (Lipinski definition) is 3. The van der Waals surface area contributed by atoms with Gasteiger partial charge in [0.15, 0.2) is 17.2 Å². The molecule has 0 spiro atoms. The maximum Gasteiger partial charge on any atom is 0.198 e. The number of hydrogen-bond acceptors (Lipinski definition) is 6. The molecule has 1 saturated heterocycles. The number of nitrogens with one attached hydrogen (secondary N) is 1. The number of aromatic hydroxyl groups is 1. The minimum Gasteiger partial charge on any atom is -0.507 e. The molecule has 4 aliphatic rings. The molecule has 6 rings (SSSR count). The van der Waals surface area contributed by atoms with Crippen molar-refractivity contribution in [3.8, 4) is 17.6 Å². The first kappa shape index (κ1) is 19.3. The van der Waals surface area contributed by atoms with Gasteiger partial charge in [-0.2, -0.15) is 0 Å². The number of aliphatic hydroxyl groups is 1. The molecule has 0 amide bonds. The number of carbonyl (C=O) groups is 2. The first-order chi connectivity index (χ1) is 15.3. The molecule has 6 heteroatoms. The van der Waals surface area contributed by atoms with Gasteiger partial charge < -0.3 is 20.3 Å². The van der Waals surface area contributed by atoms with Crippen LogP contribution in [0.5, 0.6) is 5.75 Å². The Hall–Kier alpha value is -3.40. The predicted molar refractivity (Wildman–Crippen MR) is 117 cm³/mol. The summed E-state index contributed by atoms with van der Waals surface area (Å²) >= 11 is 0. The monoisotopic (exact) mass is 427 g/mol. The third-order valence-electron chi connectivity index (χ3n) is 7.40. The molecule has 32 heavy (non-hydrogen) atoms. The van der Waals surface area contributed by atoms with Gasteiger partial charge in [-0.15, -0.1) is 0 Å². The van der Waals surface area contributed by atoms with Crippen LogP contribution in [0, 0.1) is 17.8 Å². The summed E-state index contributed by atoms with van der Waals surface area (Å²) < 4.78 is 6.41. The molecule has 2 aliphatic carbocycles. The Balaban J connectivity index is 1.68. The lowest BCUT2D eigenvalue weighted by Crippen LogP contribution is -2.53. The second kappa shape index (κ2) is 6.10. The van der Waals surface area contributed by atoms with Gasteiger partial charge in [0.1, 0.15) is 17.4 Å². The van der Waals surface area contributed by atoms with Crippen LogP contribution >= 0.6 is 0 Å². The zero-order valence-corrected chi connectivity index (χ0v) is 17.6. The molecule has 2 aliphatic heterocycles. The molecule has 6 nitrogen and oxygen atoms in total. The van der Waals surface area contributed by atoms with E-state index in [1.54, 1.807) is 37.3 Å². The Kier molecular flexibility index (Phi) is 3.68. The number of benzene rings is 2. The lowest BCUT2D eigenvalue weighted by atomic mass is 9.67. The summed E-state index contributed by atoms with van der Waals surface area (Å²) in [5, 5.41) is 25.1. The predicted octanol–water partition coefficient (Wildman–Crippen LogP) is 2.91. The van der Waals surface area contributed by atoms with Crippen molar-refractivity contribution in [3.05, 3.63) is 70.3 Å². The average Bonchev–Trinajstić information content (AvgIpc) is 3.50. The van der Waals surface area contributed by atoms with E-state index in [0.717, 1.165) is 0 Å². The van der Waals surface area contributed by atoms with Crippen molar-refractivity contribution in [2.45, 2.75) is 43.6 Å². The summed E-state index contributed by atoms with van der Waals surface area (Å²) in [6.45, 7) is 3.69. The molecular weight excluding hydrogens is 406 g/mol. The van der Waals surface area contributed by atoms with Gasteiger partial charge in [-0.1, -0.05) is 49.1 Å². The number of rotatable bonds is 1.